The first-order chi connectivity index (χ1) is 12.5. The third kappa shape index (κ3) is 6.04. The van der Waals surface area contributed by atoms with Crippen LogP contribution in [0.4, 0.5) is 5.69 Å². The van der Waals surface area contributed by atoms with Crippen molar-refractivity contribution in [1.82, 2.24) is 0 Å². The minimum Gasteiger partial charge on any atom is -0.478 e. The fourth-order valence-corrected chi connectivity index (χ4v) is 2.93. The zero-order chi connectivity index (χ0) is 18.9. The SMILES string of the molecule is COC[P+](=O)OC(Cc1ccccc1)C(=O)Nc1ccc(C(=O)O)cc1. The number of carbonyl (C=O) groups is 2. The van der Waals surface area contributed by atoms with Crippen LogP contribution in [0.5, 0.6) is 0 Å². The number of methoxy groups -OCH3 is 1. The molecule has 26 heavy (non-hydrogen) atoms. The topological polar surface area (TPSA) is 102 Å². The van der Waals surface area contributed by atoms with E-state index in [4.69, 9.17) is 14.4 Å². The molecule has 2 unspecified atom stereocenters. The highest BCUT2D eigenvalue weighted by Gasteiger charge is 2.31. The molecule has 0 aliphatic carbocycles. The van der Waals surface area contributed by atoms with Gasteiger partial charge in [0.25, 0.3) is 12.3 Å². The maximum absolute atomic E-state index is 12.6. The van der Waals surface area contributed by atoms with Crippen LogP contribution in [0.1, 0.15) is 15.9 Å². The molecule has 2 aromatic carbocycles. The van der Waals surface area contributed by atoms with Gasteiger partial charge in [0.2, 0.25) is 0 Å². The smallest absolute Gasteiger partial charge is 0.478 e. The first-order valence-corrected chi connectivity index (χ1v) is 9.14. The highest BCUT2D eigenvalue weighted by atomic mass is 31.1. The summed E-state index contributed by atoms with van der Waals surface area (Å²) >= 11 is 0. The lowest BCUT2D eigenvalue weighted by atomic mass is 10.1. The molecule has 0 spiro atoms. The Morgan fingerprint density at radius 2 is 1.77 bits per heavy atom. The minimum atomic E-state index is -2.15. The van der Waals surface area contributed by atoms with E-state index in [2.05, 4.69) is 5.32 Å². The third-order valence-electron chi connectivity index (χ3n) is 3.44. The average molecular weight is 376 g/mol. The molecule has 0 fully saturated rings. The summed E-state index contributed by atoms with van der Waals surface area (Å²) in [5.74, 6) is -1.53. The summed E-state index contributed by atoms with van der Waals surface area (Å²) < 4.78 is 22.0. The molecule has 0 bridgehead atoms. The van der Waals surface area contributed by atoms with Gasteiger partial charge < -0.3 is 15.2 Å². The number of carbonyl (C=O) groups excluding carboxylic acids is 1. The van der Waals surface area contributed by atoms with Gasteiger partial charge in [0.15, 0.2) is 6.10 Å². The maximum atomic E-state index is 12.6. The Kier molecular flexibility index (Phi) is 7.41. The molecule has 0 saturated carbocycles. The van der Waals surface area contributed by atoms with Crippen molar-refractivity contribution in [2.45, 2.75) is 12.5 Å². The van der Waals surface area contributed by atoms with E-state index < -0.39 is 26.0 Å². The number of benzene rings is 2. The van der Waals surface area contributed by atoms with E-state index in [0.29, 0.717) is 5.69 Å². The number of ether oxygens (including phenoxy) is 1. The first-order valence-electron chi connectivity index (χ1n) is 7.78. The van der Waals surface area contributed by atoms with Gasteiger partial charge in [-0.05, 0) is 34.4 Å². The molecule has 0 saturated heterocycles. The summed E-state index contributed by atoms with van der Waals surface area (Å²) in [7, 11) is -0.752. The molecule has 2 atom stereocenters. The number of hydrogen-bond acceptors (Lipinski definition) is 5. The second-order valence-corrected chi connectivity index (χ2v) is 6.54. The molecule has 0 aliphatic heterocycles. The van der Waals surface area contributed by atoms with E-state index in [1.807, 2.05) is 30.3 Å². The van der Waals surface area contributed by atoms with Crippen LogP contribution in [-0.2, 0) is 25.0 Å². The van der Waals surface area contributed by atoms with Gasteiger partial charge in [0.1, 0.15) is 0 Å². The zero-order valence-electron chi connectivity index (χ0n) is 14.1. The van der Waals surface area contributed by atoms with Crippen molar-refractivity contribution >= 4 is 25.6 Å². The third-order valence-corrected chi connectivity index (χ3v) is 4.39. The summed E-state index contributed by atoms with van der Waals surface area (Å²) in [5, 5.41) is 11.6. The summed E-state index contributed by atoms with van der Waals surface area (Å²) in [5.41, 5.74) is 1.39. The van der Waals surface area contributed by atoms with Gasteiger partial charge in [-0.25, -0.2) is 4.79 Å². The maximum Gasteiger partial charge on any atom is 0.537 e. The van der Waals surface area contributed by atoms with Crippen LogP contribution in [0.15, 0.2) is 54.6 Å². The number of nitrogens with one attached hydrogen (secondary N) is 1. The van der Waals surface area contributed by atoms with Crippen molar-refractivity contribution in [1.29, 1.82) is 0 Å². The predicted molar refractivity (Wildman–Crippen MR) is 96.5 cm³/mol. The van der Waals surface area contributed by atoms with Crippen LogP contribution in [-0.4, -0.2) is 36.5 Å². The minimum absolute atomic E-state index is 0.110. The van der Waals surface area contributed by atoms with E-state index in [9.17, 15) is 14.2 Å². The van der Waals surface area contributed by atoms with E-state index in [0.717, 1.165) is 5.56 Å². The van der Waals surface area contributed by atoms with Crippen LogP contribution in [0.3, 0.4) is 0 Å². The molecule has 2 rings (SSSR count). The molecule has 7 nitrogen and oxygen atoms in total. The normalized spacial score (nSPS) is 12.3. The lowest BCUT2D eigenvalue weighted by molar-refractivity contribution is -0.122. The Balaban J connectivity index is 2.10. The van der Waals surface area contributed by atoms with E-state index >= 15 is 0 Å². The lowest BCUT2D eigenvalue weighted by Crippen LogP contribution is -2.31. The Labute approximate surface area is 151 Å². The van der Waals surface area contributed by atoms with Crippen molar-refractivity contribution in [2.24, 2.45) is 0 Å². The Morgan fingerprint density at radius 3 is 2.35 bits per heavy atom. The molecule has 2 N–H and O–H groups in total. The second kappa shape index (κ2) is 9.77. The monoisotopic (exact) mass is 376 g/mol. The number of carboxylic acid groups (broad SMARTS) is 1. The van der Waals surface area contributed by atoms with Crippen LogP contribution < -0.4 is 5.32 Å². The molecule has 1 amide bonds. The first kappa shape index (κ1) is 19.7. The van der Waals surface area contributed by atoms with Crippen LogP contribution in [0, 0.1) is 0 Å². The highest BCUT2D eigenvalue weighted by Crippen LogP contribution is 2.26. The van der Waals surface area contributed by atoms with Gasteiger partial charge in [0.05, 0.1) is 5.56 Å². The van der Waals surface area contributed by atoms with Crippen molar-refractivity contribution in [3.63, 3.8) is 0 Å². The van der Waals surface area contributed by atoms with Crippen molar-refractivity contribution in [3.8, 4) is 0 Å². The van der Waals surface area contributed by atoms with Gasteiger partial charge in [0, 0.05) is 19.2 Å². The number of aromatic carboxylic acids is 1. The Hall–Kier alpha value is -2.60. The standard InChI is InChI=1S/C18H18NO6P/c1-24-12-26(23)25-16(11-13-5-3-2-4-6-13)17(20)19-15-9-7-14(8-10-15)18(21)22/h2-10,16H,11-12H2,1H3,(H-,19,20,21,22)/p+1. The highest BCUT2D eigenvalue weighted by molar-refractivity contribution is 7.38. The molecule has 0 heterocycles. The predicted octanol–water partition coefficient (Wildman–Crippen LogP) is 3.30. The number of amides is 1. The molecular formula is C18H19NO6P+. The van der Waals surface area contributed by atoms with Crippen molar-refractivity contribution < 1.29 is 28.5 Å². The van der Waals surface area contributed by atoms with Gasteiger partial charge in [-0.3, -0.25) is 4.79 Å². The lowest BCUT2D eigenvalue weighted by Gasteiger charge is -2.12. The van der Waals surface area contributed by atoms with Crippen LogP contribution in [0.25, 0.3) is 0 Å². The zero-order valence-corrected chi connectivity index (χ0v) is 15.0. The van der Waals surface area contributed by atoms with Crippen molar-refractivity contribution in [3.05, 3.63) is 65.7 Å². The fraction of sp³-hybridized carbons (Fsp3) is 0.222. The van der Waals surface area contributed by atoms with Crippen LogP contribution >= 0.6 is 8.03 Å². The number of rotatable bonds is 9. The number of carboxylic acids is 1. The molecule has 0 aromatic heterocycles. The second-order valence-electron chi connectivity index (χ2n) is 5.41. The Bertz CT molecular complexity index is 763. The van der Waals surface area contributed by atoms with Gasteiger partial charge >= 0.3 is 14.0 Å². The molecule has 2 aromatic rings. The largest absolute Gasteiger partial charge is 0.537 e. The Morgan fingerprint density at radius 1 is 1.12 bits per heavy atom. The molecule has 8 heteroatoms. The molecule has 0 aliphatic rings. The molecule has 136 valence electrons. The van der Waals surface area contributed by atoms with E-state index in [1.54, 1.807) is 0 Å². The number of hydrogen-bond donors (Lipinski definition) is 2. The average Bonchev–Trinajstić information content (AvgIpc) is 2.62. The summed E-state index contributed by atoms with van der Waals surface area (Å²) in [4.78, 5) is 23.4. The fourth-order valence-electron chi connectivity index (χ4n) is 2.20. The van der Waals surface area contributed by atoms with Gasteiger partial charge in [-0.1, -0.05) is 30.3 Å². The van der Waals surface area contributed by atoms with Gasteiger partial charge in [-0.2, -0.15) is 0 Å². The van der Waals surface area contributed by atoms with Gasteiger partial charge in [-0.15, -0.1) is 4.52 Å². The number of anilines is 1. The van der Waals surface area contributed by atoms with Crippen molar-refractivity contribution in [2.75, 3.05) is 18.8 Å². The summed E-state index contributed by atoms with van der Waals surface area (Å²) in [6, 6.07) is 14.9. The summed E-state index contributed by atoms with van der Waals surface area (Å²) in [6.45, 7) is 0. The van der Waals surface area contributed by atoms with Crippen LogP contribution in [0.2, 0.25) is 0 Å². The molecule has 0 radical (unpaired) electrons. The molecular weight excluding hydrogens is 357 g/mol. The quantitative estimate of drug-likeness (QED) is 0.651. The summed E-state index contributed by atoms with van der Waals surface area (Å²) in [6.07, 6.45) is -0.846. The van der Waals surface area contributed by atoms with E-state index in [1.165, 1.54) is 31.4 Å². The van der Waals surface area contributed by atoms with E-state index in [-0.39, 0.29) is 18.3 Å².